The van der Waals surface area contributed by atoms with E-state index in [0.717, 1.165) is 23.8 Å². The Morgan fingerprint density at radius 3 is 2.44 bits per heavy atom. The standard InChI is InChI=1S/C27H25F4N5O3/c1-3-39-24-14-21-19(13-20(24)28)25(34-15-33-21)32-11-10-16-4-7-18(8-5-16)35-26(37)36-22-12-17(27(29,30)31)6-9-23(22)38-2/h4-9,12-15H,3,10-11H2,1-2H3,(H,32,33,34)(H2,35,36,37). The minimum Gasteiger partial charge on any atom is -0.495 e. The van der Waals surface area contributed by atoms with Gasteiger partial charge in [-0.25, -0.2) is 19.2 Å². The molecule has 1 heterocycles. The second kappa shape index (κ2) is 11.8. The van der Waals surface area contributed by atoms with Crippen molar-refractivity contribution in [3.63, 3.8) is 0 Å². The zero-order valence-corrected chi connectivity index (χ0v) is 21.0. The lowest BCUT2D eigenvalue weighted by atomic mass is 10.1. The number of hydrogen-bond donors (Lipinski definition) is 3. The highest BCUT2D eigenvalue weighted by Crippen LogP contribution is 2.35. The molecule has 0 aliphatic rings. The van der Waals surface area contributed by atoms with Gasteiger partial charge in [-0.05, 0) is 55.3 Å². The maximum Gasteiger partial charge on any atom is 0.416 e. The lowest BCUT2D eigenvalue weighted by Gasteiger charge is -2.14. The number of carbonyl (C=O) groups is 1. The van der Waals surface area contributed by atoms with Crippen LogP contribution >= 0.6 is 0 Å². The number of rotatable bonds is 9. The molecular formula is C27H25F4N5O3. The van der Waals surface area contributed by atoms with Gasteiger partial charge in [0, 0.05) is 23.7 Å². The summed E-state index contributed by atoms with van der Waals surface area (Å²) in [4.78, 5) is 20.8. The van der Waals surface area contributed by atoms with Crippen molar-refractivity contribution in [3.05, 3.63) is 77.9 Å². The topological polar surface area (TPSA) is 97.4 Å². The highest BCUT2D eigenvalue weighted by atomic mass is 19.4. The number of methoxy groups -OCH3 is 1. The van der Waals surface area contributed by atoms with Gasteiger partial charge in [0.2, 0.25) is 0 Å². The Morgan fingerprint density at radius 2 is 1.74 bits per heavy atom. The molecule has 39 heavy (non-hydrogen) atoms. The van der Waals surface area contributed by atoms with E-state index in [1.54, 1.807) is 31.2 Å². The number of anilines is 3. The molecular weight excluding hydrogens is 518 g/mol. The molecule has 0 atom stereocenters. The largest absolute Gasteiger partial charge is 0.495 e. The van der Waals surface area contributed by atoms with Gasteiger partial charge < -0.3 is 25.4 Å². The average Bonchev–Trinajstić information content (AvgIpc) is 2.90. The summed E-state index contributed by atoms with van der Waals surface area (Å²) in [5, 5.41) is 8.68. The van der Waals surface area contributed by atoms with Gasteiger partial charge in [0.1, 0.15) is 17.9 Å². The van der Waals surface area contributed by atoms with Crippen LogP contribution in [0.2, 0.25) is 0 Å². The van der Waals surface area contributed by atoms with E-state index in [4.69, 9.17) is 9.47 Å². The number of ether oxygens (including phenoxy) is 2. The highest BCUT2D eigenvalue weighted by molar-refractivity contribution is 6.00. The SMILES string of the molecule is CCOc1cc2ncnc(NCCc3ccc(NC(=O)Nc4cc(C(F)(F)F)ccc4OC)cc3)c2cc1F. The summed E-state index contributed by atoms with van der Waals surface area (Å²) in [6, 6.07) is 11.9. The minimum absolute atomic E-state index is 0.0925. The van der Waals surface area contributed by atoms with Crippen molar-refractivity contribution in [2.45, 2.75) is 19.5 Å². The molecule has 0 unspecified atom stereocenters. The molecule has 0 aliphatic heterocycles. The Kier molecular flexibility index (Phi) is 8.33. The van der Waals surface area contributed by atoms with E-state index < -0.39 is 23.6 Å². The number of urea groups is 1. The molecule has 8 nitrogen and oxygen atoms in total. The molecule has 0 fully saturated rings. The Bertz CT molecular complexity index is 1460. The van der Waals surface area contributed by atoms with Crippen LogP contribution in [0, 0.1) is 5.82 Å². The Balaban J connectivity index is 1.34. The molecule has 0 saturated heterocycles. The van der Waals surface area contributed by atoms with E-state index in [2.05, 4.69) is 25.9 Å². The Labute approximate surface area is 221 Å². The molecule has 3 aromatic carbocycles. The van der Waals surface area contributed by atoms with Crippen LogP contribution in [0.15, 0.2) is 60.9 Å². The molecule has 0 bridgehead atoms. The summed E-state index contributed by atoms with van der Waals surface area (Å²) < 4.78 is 63.8. The number of alkyl halides is 3. The molecule has 0 radical (unpaired) electrons. The minimum atomic E-state index is -4.56. The van der Waals surface area contributed by atoms with Crippen LogP contribution < -0.4 is 25.4 Å². The third kappa shape index (κ3) is 6.83. The number of amides is 2. The van der Waals surface area contributed by atoms with Crippen molar-refractivity contribution >= 4 is 34.1 Å². The van der Waals surface area contributed by atoms with Gasteiger partial charge in [-0.2, -0.15) is 13.2 Å². The van der Waals surface area contributed by atoms with Crippen molar-refractivity contribution in [3.8, 4) is 11.5 Å². The average molecular weight is 544 g/mol. The number of aromatic nitrogens is 2. The molecule has 4 aromatic rings. The quantitative estimate of drug-likeness (QED) is 0.209. The second-order valence-electron chi connectivity index (χ2n) is 8.32. The zero-order chi connectivity index (χ0) is 28.0. The number of benzene rings is 3. The summed E-state index contributed by atoms with van der Waals surface area (Å²) in [7, 11) is 1.29. The fourth-order valence-electron chi connectivity index (χ4n) is 3.81. The molecule has 0 saturated carbocycles. The normalized spacial score (nSPS) is 11.2. The van der Waals surface area contributed by atoms with Crippen molar-refractivity contribution in [1.82, 2.24) is 9.97 Å². The van der Waals surface area contributed by atoms with E-state index in [1.807, 2.05) is 0 Å². The fourth-order valence-corrected chi connectivity index (χ4v) is 3.81. The maximum atomic E-state index is 14.3. The van der Waals surface area contributed by atoms with E-state index in [1.165, 1.54) is 25.6 Å². The van der Waals surface area contributed by atoms with Gasteiger partial charge in [-0.1, -0.05) is 12.1 Å². The predicted molar refractivity (Wildman–Crippen MR) is 140 cm³/mol. The Morgan fingerprint density at radius 1 is 0.974 bits per heavy atom. The van der Waals surface area contributed by atoms with Crippen LogP contribution in [-0.2, 0) is 12.6 Å². The van der Waals surface area contributed by atoms with Crippen molar-refractivity contribution in [2.75, 3.05) is 36.2 Å². The molecule has 0 spiro atoms. The first-order chi connectivity index (χ1) is 18.7. The van der Waals surface area contributed by atoms with Crippen molar-refractivity contribution < 1.29 is 31.8 Å². The van der Waals surface area contributed by atoms with E-state index >= 15 is 0 Å². The van der Waals surface area contributed by atoms with Crippen LogP contribution in [-0.4, -0.2) is 36.3 Å². The highest BCUT2D eigenvalue weighted by Gasteiger charge is 2.31. The van der Waals surface area contributed by atoms with Gasteiger partial charge in [0.15, 0.2) is 11.6 Å². The fraction of sp³-hybridized carbons (Fsp3) is 0.222. The molecule has 2 amide bonds. The molecule has 0 aliphatic carbocycles. The third-order valence-corrected chi connectivity index (χ3v) is 5.68. The summed E-state index contributed by atoms with van der Waals surface area (Å²) in [6.07, 6.45) is -2.58. The second-order valence-corrected chi connectivity index (χ2v) is 8.32. The first-order valence-electron chi connectivity index (χ1n) is 11.9. The molecule has 3 N–H and O–H groups in total. The third-order valence-electron chi connectivity index (χ3n) is 5.68. The molecule has 4 rings (SSSR count). The summed E-state index contributed by atoms with van der Waals surface area (Å²) in [6.45, 7) is 2.60. The van der Waals surface area contributed by atoms with E-state index in [-0.39, 0.29) is 17.2 Å². The summed E-state index contributed by atoms with van der Waals surface area (Å²) in [5.41, 5.74) is 0.910. The van der Waals surface area contributed by atoms with Crippen LogP contribution in [0.5, 0.6) is 11.5 Å². The Hall–Kier alpha value is -4.61. The van der Waals surface area contributed by atoms with Gasteiger partial charge in [0.25, 0.3) is 0 Å². The van der Waals surface area contributed by atoms with E-state index in [0.29, 0.717) is 42.0 Å². The number of fused-ring (bicyclic) bond motifs is 1. The molecule has 204 valence electrons. The summed E-state index contributed by atoms with van der Waals surface area (Å²) in [5.74, 6) is 0.212. The smallest absolute Gasteiger partial charge is 0.416 e. The van der Waals surface area contributed by atoms with Crippen LogP contribution in [0.4, 0.5) is 39.5 Å². The number of carbonyl (C=O) groups excluding carboxylic acids is 1. The first kappa shape index (κ1) is 27.4. The van der Waals surface area contributed by atoms with Gasteiger partial charge >= 0.3 is 12.2 Å². The molecule has 1 aromatic heterocycles. The summed E-state index contributed by atoms with van der Waals surface area (Å²) >= 11 is 0. The molecule has 12 heteroatoms. The number of hydrogen-bond acceptors (Lipinski definition) is 6. The van der Waals surface area contributed by atoms with Gasteiger partial charge in [-0.3, -0.25) is 0 Å². The lowest BCUT2D eigenvalue weighted by molar-refractivity contribution is -0.137. The van der Waals surface area contributed by atoms with Gasteiger partial charge in [-0.15, -0.1) is 0 Å². The van der Waals surface area contributed by atoms with E-state index in [9.17, 15) is 22.4 Å². The first-order valence-corrected chi connectivity index (χ1v) is 11.9. The zero-order valence-electron chi connectivity index (χ0n) is 21.0. The van der Waals surface area contributed by atoms with Crippen molar-refractivity contribution in [1.29, 1.82) is 0 Å². The van der Waals surface area contributed by atoms with Crippen LogP contribution in [0.3, 0.4) is 0 Å². The number of nitrogens with one attached hydrogen (secondary N) is 3. The van der Waals surface area contributed by atoms with Crippen LogP contribution in [0.25, 0.3) is 10.9 Å². The van der Waals surface area contributed by atoms with Crippen LogP contribution in [0.1, 0.15) is 18.1 Å². The number of nitrogens with zero attached hydrogens (tertiary/aromatic N) is 2. The van der Waals surface area contributed by atoms with Crippen molar-refractivity contribution in [2.24, 2.45) is 0 Å². The maximum absolute atomic E-state index is 14.3. The predicted octanol–water partition coefficient (Wildman–Crippen LogP) is 6.49. The lowest BCUT2D eigenvalue weighted by Crippen LogP contribution is -2.20. The number of halogens is 4. The van der Waals surface area contributed by atoms with Gasteiger partial charge in [0.05, 0.1) is 30.5 Å². The monoisotopic (exact) mass is 543 g/mol.